The number of rotatable bonds is 3. The summed E-state index contributed by atoms with van der Waals surface area (Å²) in [6, 6.07) is 8.96. The smallest absolute Gasteiger partial charge is 0.221 e. The summed E-state index contributed by atoms with van der Waals surface area (Å²) in [5.41, 5.74) is 2.20. The van der Waals surface area contributed by atoms with E-state index in [0.29, 0.717) is 0 Å². The summed E-state index contributed by atoms with van der Waals surface area (Å²) in [6.07, 6.45) is 2.59. The van der Waals surface area contributed by atoms with Crippen LogP contribution in [0.5, 0.6) is 0 Å². The number of nitrogens with one attached hydrogen (secondary N) is 2. The second kappa shape index (κ2) is 7.25. The molecule has 0 aromatic heterocycles. The van der Waals surface area contributed by atoms with Crippen LogP contribution in [0.15, 0.2) is 24.3 Å². The zero-order chi connectivity index (χ0) is 13.9. The van der Waals surface area contributed by atoms with Crippen LogP contribution in [0, 0.1) is 5.92 Å². The number of likely N-dealkylation sites (tertiary alicyclic amines) is 1. The molecule has 4 nitrogen and oxygen atoms in total. The van der Waals surface area contributed by atoms with E-state index in [2.05, 4.69) is 27.7 Å². The minimum atomic E-state index is -0.0199. The molecule has 5 heteroatoms. The molecule has 116 valence electrons. The van der Waals surface area contributed by atoms with Crippen molar-refractivity contribution in [3.8, 4) is 0 Å². The first-order valence-corrected chi connectivity index (χ1v) is 7.53. The highest BCUT2D eigenvalue weighted by Crippen LogP contribution is 2.25. The number of carbonyl (C=O) groups is 1. The number of benzene rings is 1. The lowest BCUT2D eigenvalue weighted by Crippen LogP contribution is -2.43. The molecule has 0 saturated carbocycles. The molecule has 0 aliphatic carbocycles. The summed E-state index contributed by atoms with van der Waals surface area (Å²) in [5.74, 6) is 0.816. The van der Waals surface area contributed by atoms with E-state index in [0.717, 1.165) is 24.2 Å². The Balaban J connectivity index is 0.00000161. The summed E-state index contributed by atoms with van der Waals surface area (Å²) in [4.78, 5) is 13.6. The van der Waals surface area contributed by atoms with Crippen molar-refractivity contribution in [2.75, 3.05) is 25.0 Å². The van der Waals surface area contributed by atoms with Gasteiger partial charge in [-0.25, -0.2) is 0 Å². The van der Waals surface area contributed by atoms with Crippen molar-refractivity contribution in [3.05, 3.63) is 29.8 Å². The Morgan fingerprint density at radius 1 is 1.33 bits per heavy atom. The fourth-order valence-electron chi connectivity index (χ4n) is 3.42. The van der Waals surface area contributed by atoms with E-state index in [1.807, 2.05) is 12.1 Å². The van der Waals surface area contributed by atoms with E-state index < -0.39 is 0 Å². The second-order valence-corrected chi connectivity index (χ2v) is 6.01. The summed E-state index contributed by atoms with van der Waals surface area (Å²) in [5, 5.41) is 6.41. The molecule has 0 spiro atoms. The number of halogens is 1. The Morgan fingerprint density at radius 2 is 2.10 bits per heavy atom. The van der Waals surface area contributed by atoms with Gasteiger partial charge < -0.3 is 10.6 Å². The maximum absolute atomic E-state index is 11.0. The zero-order valence-electron chi connectivity index (χ0n) is 12.5. The van der Waals surface area contributed by atoms with Gasteiger partial charge in [-0.15, -0.1) is 12.4 Å². The SMILES string of the molecule is CC(=O)Nc1ccc(CN2CCC3NCCC3C2)cc1.Cl. The molecule has 1 aromatic rings. The number of carbonyl (C=O) groups excluding carboxylic acids is 1. The Hall–Kier alpha value is -1.10. The Morgan fingerprint density at radius 3 is 2.81 bits per heavy atom. The van der Waals surface area contributed by atoms with Gasteiger partial charge in [-0.1, -0.05) is 12.1 Å². The second-order valence-electron chi connectivity index (χ2n) is 6.01. The Kier molecular flexibility index (Phi) is 5.62. The lowest BCUT2D eigenvalue weighted by molar-refractivity contribution is -0.114. The molecule has 2 N–H and O–H groups in total. The Bertz CT molecular complexity index is 477. The van der Waals surface area contributed by atoms with Crippen molar-refractivity contribution < 1.29 is 4.79 Å². The van der Waals surface area contributed by atoms with Gasteiger partial charge in [0.25, 0.3) is 0 Å². The number of nitrogens with zero attached hydrogens (tertiary/aromatic N) is 1. The third-order valence-corrected chi connectivity index (χ3v) is 4.42. The van der Waals surface area contributed by atoms with E-state index in [-0.39, 0.29) is 18.3 Å². The monoisotopic (exact) mass is 309 g/mol. The normalized spacial score (nSPS) is 25.0. The number of hydrogen-bond donors (Lipinski definition) is 2. The van der Waals surface area contributed by atoms with Crippen LogP contribution in [-0.2, 0) is 11.3 Å². The van der Waals surface area contributed by atoms with Gasteiger partial charge in [0.05, 0.1) is 0 Å². The molecule has 2 unspecified atom stereocenters. The molecule has 1 aromatic carbocycles. The van der Waals surface area contributed by atoms with Crippen LogP contribution in [0.3, 0.4) is 0 Å². The van der Waals surface area contributed by atoms with Crippen LogP contribution >= 0.6 is 12.4 Å². The predicted octanol–water partition coefficient (Wildman–Crippen LogP) is 2.25. The molecule has 2 atom stereocenters. The van der Waals surface area contributed by atoms with Crippen molar-refractivity contribution in [3.63, 3.8) is 0 Å². The first-order valence-electron chi connectivity index (χ1n) is 7.53. The minimum Gasteiger partial charge on any atom is -0.326 e. The fraction of sp³-hybridized carbons (Fsp3) is 0.562. The maximum atomic E-state index is 11.0. The summed E-state index contributed by atoms with van der Waals surface area (Å²) < 4.78 is 0. The van der Waals surface area contributed by atoms with Crippen molar-refractivity contribution in [2.45, 2.75) is 32.4 Å². The highest BCUT2D eigenvalue weighted by atomic mass is 35.5. The van der Waals surface area contributed by atoms with Gasteiger partial charge >= 0.3 is 0 Å². The number of piperidine rings is 1. The van der Waals surface area contributed by atoms with Crippen LogP contribution in [0.1, 0.15) is 25.3 Å². The Labute approximate surface area is 132 Å². The lowest BCUT2D eigenvalue weighted by atomic mass is 9.93. The summed E-state index contributed by atoms with van der Waals surface area (Å²) in [7, 11) is 0. The minimum absolute atomic E-state index is 0. The van der Waals surface area contributed by atoms with Gasteiger partial charge in [0, 0.05) is 31.7 Å². The number of amides is 1. The van der Waals surface area contributed by atoms with Crippen molar-refractivity contribution in [1.29, 1.82) is 0 Å². The van der Waals surface area contributed by atoms with E-state index in [4.69, 9.17) is 0 Å². The molecular weight excluding hydrogens is 286 g/mol. The van der Waals surface area contributed by atoms with E-state index in [1.165, 1.54) is 45.0 Å². The van der Waals surface area contributed by atoms with Crippen LogP contribution in [0.4, 0.5) is 5.69 Å². The van der Waals surface area contributed by atoms with Crippen molar-refractivity contribution >= 4 is 24.0 Å². The topological polar surface area (TPSA) is 44.4 Å². The van der Waals surface area contributed by atoms with Crippen LogP contribution in [0.25, 0.3) is 0 Å². The van der Waals surface area contributed by atoms with Crippen LogP contribution in [0.2, 0.25) is 0 Å². The molecule has 2 heterocycles. The molecule has 0 bridgehead atoms. The summed E-state index contributed by atoms with van der Waals surface area (Å²) >= 11 is 0. The van der Waals surface area contributed by atoms with Crippen LogP contribution < -0.4 is 10.6 Å². The van der Waals surface area contributed by atoms with Gasteiger partial charge in [0.15, 0.2) is 0 Å². The van der Waals surface area contributed by atoms with Crippen LogP contribution in [-0.4, -0.2) is 36.5 Å². The van der Waals surface area contributed by atoms with Gasteiger partial charge in [-0.3, -0.25) is 9.69 Å². The highest BCUT2D eigenvalue weighted by Gasteiger charge is 2.32. The third kappa shape index (κ3) is 4.19. The van der Waals surface area contributed by atoms with Gasteiger partial charge in [0.2, 0.25) is 5.91 Å². The molecule has 3 rings (SSSR count). The highest BCUT2D eigenvalue weighted by molar-refractivity contribution is 5.88. The average Bonchev–Trinajstić information content (AvgIpc) is 2.88. The first kappa shape index (κ1) is 16.3. The molecule has 2 aliphatic heterocycles. The molecule has 1 amide bonds. The molecule has 2 fully saturated rings. The molecule has 0 radical (unpaired) electrons. The van der Waals surface area contributed by atoms with Crippen molar-refractivity contribution in [2.24, 2.45) is 5.92 Å². The predicted molar refractivity (Wildman–Crippen MR) is 87.8 cm³/mol. The average molecular weight is 310 g/mol. The van der Waals surface area contributed by atoms with Gasteiger partial charge in [-0.05, 0) is 49.5 Å². The lowest BCUT2D eigenvalue weighted by Gasteiger charge is -2.34. The van der Waals surface area contributed by atoms with E-state index in [1.54, 1.807) is 0 Å². The largest absolute Gasteiger partial charge is 0.326 e. The first-order chi connectivity index (χ1) is 9.70. The standard InChI is InChI=1S/C16H23N3O.ClH/c1-12(20)18-15-4-2-13(3-5-15)10-19-9-7-16-14(11-19)6-8-17-16;/h2-5,14,16-17H,6-11H2,1H3,(H,18,20);1H. The quantitative estimate of drug-likeness (QED) is 0.900. The number of fused-ring (bicyclic) bond motifs is 1. The molecule has 21 heavy (non-hydrogen) atoms. The van der Waals surface area contributed by atoms with Crippen molar-refractivity contribution in [1.82, 2.24) is 10.2 Å². The van der Waals surface area contributed by atoms with E-state index in [9.17, 15) is 4.79 Å². The van der Waals surface area contributed by atoms with Gasteiger partial charge in [0.1, 0.15) is 0 Å². The number of anilines is 1. The number of hydrogen-bond acceptors (Lipinski definition) is 3. The summed E-state index contributed by atoms with van der Waals surface area (Å²) in [6.45, 7) is 6.14. The third-order valence-electron chi connectivity index (χ3n) is 4.42. The molecular formula is C16H24ClN3O. The van der Waals surface area contributed by atoms with Gasteiger partial charge in [-0.2, -0.15) is 0 Å². The zero-order valence-corrected chi connectivity index (χ0v) is 13.3. The molecule has 2 aliphatic rings. The van der Waals surface area contributed by atoms with E-state index >= 15 is 0 Å². The molecule has 2 saturated heterocycles. The fourth-order valence-corrected chi connectivity index (χ4v) is 3.42. The maximum Gasteiger partial charge on any atom is 0.221 e.